The minimum Gasteiger partial charge on any atom is -0.481 e. The fraction of sp³-hybridized carbons (Fsp3) is 0.346. The highest BCUT2D eigenvalue weighted by atomic mass is 19.1. The monoisotopic (exact) mass is 554 g/mol. The molecule has 2 aromatic carbocycles. The van der Waals surface area contributed by atoms with Gasteiger partial charge in [-0.3, -0.25) is 28.8 Å². The van der Waals surface area contributed by atoms with E-state index in [2.05, 4.69) is 10.6 Å². The smallest absolute Gasteiger partial charge is 0.414 e. The van der Waals surface area contributed by atoms with Crippen LogP contribution in [0.1, 0.15) is 13.3 Å². The molecule has 2 aliphatic rings. The topological polar surface area (TPSA) is 155 Å². The number of anilines is 3. The molecule has 1 fully saturated rings. The Hall–Kier alpha value is -4.88. The number of rotatable bonds is 7. The molecule has 0 unspecified atom stereocenters. The van der Waals surface area contributed by atoms with Crippen LogP contribution in [0.3, 0.4) is 0 Å². The Labute approximate surface area is 226 Å². The number of nitrogens with zero attached hydrogens (tertiary/aromatic N) is 4. The predicted octanol–water partition coefficient (Wildman–Crippen LogP) is 1.34. The second-order valence-corrected chi connectivity index (χ2v) is 9.58. The van der Waals surface area contributed by atoms with Crippen LogP contribution < -0.4 is 26.0 Å². The summed E-state index contributed by atoms with van der Waals surface area (Å²) in [7, 11) is 0. The van der Waals surface area contributed by atoms with Crippen molar-refractivity contribution < 1.29 is 33.4 Å². The molecule has 0 bridgehead atoms. The number of fused-ring (bicyclic) bond motifs is 3. The highest BCUT2D eigenvalue weighted by Crippen LogP contribution is 2.29. The van der Waals surface area contributed by atoms with Crippen molar-refractivity contribution in [2.45, 2.75) is 32.5 Å². The number of carboxylic acids is 1. The van der Waals surface area contributed by atoms with E-state index >= 15 is 4.39 Å². The lowest BCUT2D eigenvalue weighted by atomic mass is 10.2. The van der Waals surface area contributed by atoms with E-state index in [0.29, 0.717) is 47.6 Å². The molecule has 40 heavy (non-hydrogen) atoms. The molecule has 3 amide bonds. The minimum absolute atomic E-state index is 0.168. The molecule has 2 aliphatic heterocycles. The molecule has 3 aromatic rings. The van der Waals surface area contributed by atoms with Crippen molar-refractivity contribution in [2.75, 3.05) is 41.3 Å². The van der Waals surface area contributed by atoms with Crippen molar-refractivity contribution in [1.82, 2.24) is 14.7 Å². The molecule has 1 saturated heterocycles. The minimum atomic E-state index is -1.25. The van der Waals surface area contributed by atoms with Gasteiger partial charge in [0.05, 0.1) is 48.5 Å². The summed E-state index contributed by atoms with van der Waals surface area (Å²) in [4.78, 5) is 62.3. The molecule has 13 nitrogen and oxygen atoms in total. The Balaban J connectivity index is 1.30. The molecule has 210 valence electrons. The lowest BCUT2D eigenvalue weighted by Gasteiger charge is -2.24. The van der Waals surface area contributed by atoms with Gasteiger partial charge in [0.25, 0.3) is 5.56 Å². The normalized spacial score (nSPS) is 16.9. The first kappa shape index (κ1) is 26.7. The van der Waals surface area contributed by atoms with E-state index in [1.165, 1.54) is 24.0 Å². The van der Waals surface area contributed by atoms with Gasteiger partial charge in [-0.1, -0.05) is 0 Å². The van der Waals surface area contributed by atoms with Gasteiger partial charge in [0, 0.05) is 25.7 Å². The van der Waals surface area contributed by atoms with Crippen LogP contribution in [0.4, 0.5) is 26.2 Å². The number of hydrogen-bond acceptors (Lipinski definition) is 7. The van der Waals surface area contributed by atoms with Crippen LogP contribution in [0.15, 0.2) is 41.2 Å². The molecule has 1 aromatic heterocycles. The standard InChI is InChI=1S/C26H27FN6O7/c1-15(34)28-13-18-14-31(26(39)40-18)17-3-5-22(20(27)11-17)30-6-8-32-21-4-2-16(29-23(35)12-24(36)37)10-19(21)25(38)33(32)9-7-30/h2-5,10-11,18H,6-9,12-14H2,1H3,(H,28,34)(H,29,35)(H,36,37)/t18-/m0/s1. The first-order chi connectivity index (χ1) is 19.1. The first-order valence-corrected chi connectivity index (χ1v) is 12.6. The van der Waals surface area contributed by atoms with Crippen molar-refractivity contribution in [2.24, 2.45) is 0 Å². The summed E-state index contributed by atoms with van der Waals surface area (Å²) in [5.74, 6) is -2.71. The number of carbonyl (C=O) groups excluding carboxylic acids is 3. The van der Waals surface area contributed by atoms with Gasteiger partial charge in [0.1, 0.15) is 18.3 Å². The lowest BCUT2D eigenvalue weighted by molar-refractivity contribution is -0.139. The SMILES string of the molecule is CC(=O)NC[C@H]1CN(c2ccc(N3CCn4c(=O)c5cc(NC(=O)CC(=O)O)ccc5n4CC3)c(F)c2)C(=O)O1. The van der Waals surface area contributed by atoms with Crippen molar-refractivity contribution in [3.8, 4) is 0 Å². The summed E-state index contributed by atoms with van der Waals surface area (Å²) in [6.07, 6.45) is -1.84. The van der Waals surface area contributed by atoms with Gasteiger partial charge < -0.3 is 25.4 Å². The van der Waals surface area contributed by atoms with Gasteiger partial charge in [-0.15, -0.1) is 0 Å². The third-order valence-electron chi connectivity index (χ3n) is 6.83. The molecule has 0 radical (unpaired) electrons. The Morgan fingerprint density at radius 3 is 2.50 bits per heavy atom. The van der Waals surface area contributed by atoms with Crippen molar-refractivity contribution in [3.63, 3.8) is 0 Å². The fourth-order valence-corrected chi connectivity index (χ4v) is 4.99. The van der Waals surface area contributed by atoms with Crippen molar-refractivity contribution in [3.05, 3.63) is 52.6 Å². The lowest BCUT2D eigenvalue weighted by Crippen LogP contribution is -2.33. The second-order valence-electron chi connectivity index (χ2n) is 9.58. The summed E-state index contributed by atoms with van der Waals surface area (Å²) in [6.45, 7) is 3.12. The molecule has 3 heterocycles. The molecule has 0 aliphatic carbocycles. The molecule has 1 atom stereocenters. The fourth-order valence-electron chi connectivity index (χ4n) is 4.99. The van der Waals surface area contributed by atoms with E-state index in [1.807, 2.05) is 9.58 Å². The second kappa shape index (κ2) is 10.7. The van der Waals surface area contributed by atoms with Gasteiger partial charge >= 0.3 is 12.1 Å². The Morgan fingerprint density at radius 1 is 1.05 bits per heavy atom. The molecule has 0 saturated carbocycles. The molecule has 14 heteroatoms. The van der Waals surface area contributed by atoms with E-state index in [4.69, 9.17) is 9.84 Å². The Bertz CT molecular complexity index is 1580. The molecule has 5 rings (SSSR count). The van der Waals surface area contributed by atoms with Crippen LogP contribution in [-0.2, 0) is 32.2 Å². The van der Waals surface area contributed by atoms with E-state index in [1.54, 1.807) is 28.9 Å². The van der Waals surface area contributed by atoms with Gasteiger partial charge in [0.2, 0.25) is 11.8 Å². The summed E-state index contributed by atoms with van der Waals surface area (Å²) in [5.41, 5.74) is 1.36. The number of ether oxygens (including phenoxy) is 1. The summed E-state index contributed by atoms with van der Waals surface area (Å²) < 4.78 is 23.9. The van der Waals surface area contributed by atoms with Crippen molar-refractivity contribution in [1.29, 1.82) is 0 Å². The number of hydrogen-bond donors (Lipinski definition) is 3. The quantitative estimate of drug-likeness (QED) is 0.370. The van der Waals surface area contributed by atoms with Crippen LogP contribution >= 0.6 is 0 Å². The van der Waals surface area contributed by atoms with Gasteiger partial charge in [-0.05, 0) is 36.4 Å². The average molecular weight is 555 g/mol. The Morgan fingerprint density at radius 2 is 1.80 bits per heavy atom. The van der Waals surface area contributed by atoms with Gasteiger partial charge in [-0.2, -0.15) is 0 Å². The molecular formula is C26H27FN6O7. The third kappa shape index (κ3) is 5.32. The average Bonchev–Trinajstić information content (AvgIpc) is 3.29. The maximum absolute atomic E-state index is 15.3. The number of carboxylic acid groups (broad SMARTS) is 1. The molecular weight excluding hydrogens is 527 g/mol. The predicted molar refractivity (Wildman–Crippen MR) is 142 cm³/mol. The van der Waals surface area contributed by atoms with Gasteiger partial charge in [-0.25, -0.2) is 13.9 Å². The van der Waals surface area contributed by atoms with Crippen LogP contribution in [-0.4, -0.2) is 70.6 Å². The number of amides is 3. The number of cyclic esters (lactones) is 1. The zero-order chi connectivity index (χ0) is 28.6. The van der Waals surface area contributed by atoms with E-state index in [9.17, 15) is 24.0 Å². The van der Waals surface area contributed by atoms with Crippen LogP contribution in [0.5, 0.6) is 0 Å². The first-order valence-electron chi connectivity index (χ1n) is 12.6. The highest BCUT2D eigenvalue weighted by molar-refractivity contribution is 6.02. The maximum Gasteiger partial charge on any atom is 0.414 e. The summed E-state index contributed by atoms with van der Waals surface area (Å²) in [6, 6.07) is 9.29. The van der Waals surface area contributed by atoms with E-state index in [0.717, 1.165) is 0 Å². The Kier molecular flexibility index (Phi) is 7.15. The number of aromatic nitrogens is 2. The van der Waals surface area contributed by atoms with E-state index in [-0.39, 0.29) is 31.1 Å². The number of halogens is 1. The van der Waals surface area contributed by atoms with Crippen LogP contribution in [0.2, 0.25) is 0 Å². The van der Waals surface area contributed by atoms with E-state index < -0.39 is 36.3 Å². The highest BCUT2D eigenvalue weighted by Gasteiger charge is 2.33. The van der Waals surface area contributed by atoms with Gasteiger partial charge in [0.15, 0.2) is 0 Å². The van der Waals surface area contributed by atoms with Crippen molar-refractivity contribution >= 4 is 51.8 Å². The third-order valence-corrected chi connectivity index (χ3v) is 6.83. The molecule has 3 N–H and O–H groups in total. The van der Waals surface area contributed by atoms with Crippen LogP contribution in [0.25, 0.3) is 10.9 Å². The maximum atomic E-state index is 15.3. The zero-order valence-electron chi connectivity index (χ0n) is 21.6. The number of benzene rings is 2. The largest absolute Gasteiger partial charge is 0.481 e. The zero-order valence-corrected chi connectivity index (χ0v) is 21.6. The molecule has 0 spiro atoms. The number of aliphatic carboxylic acids is 1. The summed E-state index contributed by atoms with van der Waals surface area (Å²) in [5, 5.41) is 14.2. The number of nitrogens with one attached hydrogen (secondary N) is 2. The van der Waals surface area contributed by atoms with Crippen LogP contribution in [0, 0.1) is 5.82 Å². The number of carbonyl (C=O) groups is 4. The summed E-state index contributed by atoms with van der Waals surface area (Å²) >= 11 is 0.